The molecule has 0 saturated heterocycles. The molecule has 0 radical (unpaired) electrons. The lowest BCUT2D eigenvalue weighted by atomic mass is 10.1. The van der Waals surface area contributed by atoms with Gasteiger partial charge >= 0.3 is 0 Å². The van der Waals surface area contributed by atoms with Gasteiger partial charge < -0.3 is 14.4 Å². The number of methoxy groups -OCH3 is 1. The minimum Gasteiger partial charge on any atom is -0.497 e. The Labute approximate surface area is 146 Å². The molecule has 0 aliphatic rings. The molecular weight excluding hydrogens is 328 g/mol. The topological polar surface area (TPSA) is 67.9 Å². The maximum Gasteiger partial charge on any atom is 0.241 e. The van der Waals surface area contributed by atoms with Gasteiger partial charge in [0, 0.05) is 13.1 Å². The van der Waals surface area contributed by atoms with Crippen LogP contribution in [0.15, 0.2) is 17.0 Å². The largest absolute Gasteiger partial charge is 0.497 e. The first-order valence-corrected chi connectivity index (χ1v) is 9.79. The van der Waals surface area contributed by atoms with E-state index >= 15 is 0 Å². The minimum absolute atomic E-state index is 0.255. The first-order chi connectivity index (χ1) is 11.4. The fourth-order valence-electron chi connectivity index (χ4n) is 2.61. The Morgan fingerprint density at radius 2 is 1.67 bits per heavy atom. The predicted octanol–water partition coefficient (Wildman–Crippen LogP) is 1.95. The molecule has 0 atom stereocenters. The van der Waals surface area contributed by atoms with Crippen molar-refractivity contribution in [3.8, 4) is 5.75 Å². The van der Waals surface area contributed by atoms with E-state index in [4.69, 9.17) is 9.47 Å². The average Bonchev–Trinajstić information content (AvgIpc) is 2.53. The van der Waals surface area contributed by atoms with E-state index in [1.807, 2.05) is 0 Å². The third-order valence-electron chi connectivity index (χ3n) is 3.92. The molecule has 24 heavy (non-hydrogen) atoms. The van der Waals surface area contributed by atoms with Crippen molar-refractivity contribution in [1.29, 1.82) is 0 Å². The number of sulfonamides is 1. The van der Waals surface area contributed by atoms with E-state index in [1.165, 1.54) is 0 Å². The first kappa shape index (κ1) is 20.9. The Kier molecular flexibility index (Phi) is 8.69. The van der Waals surface area contributed by atoms with E-state index in [0.29, 0.717) is 35.0 Å². The normalized spacial score (nSPS) is 11.9. The van der Waals surface area contributed by atoms with E-state index in [9.17, 15) is 8.42 Å². The van der Waals surface area contributed by atoms with Gasteiger partial charge in [0.1, 0.15) is 5.75 Å². The average molecular weight is 359 g/mol. The molecule has 0 unspecified atom stereocenters. The molecule has 1 aromatic rings. The molecule has 0 bridgehead atoms. The second-order valence-corrected chi connectivity index (χ2v) is 7.33. The van der Waals surface area contributed by atoms with E-state index in [-0.39, 0.29) is 6.54 Å². The monoisotopic (exact) mass is 358 g/mol. The van der Waals surface area contributed by atoms with Gasteiger partial charge in [-0.2, -0.15) is 0 Å². The van der Waals surface area contributed by atoms with Crippen LogP contribution in [0.3, 0.4) is 0 Å². The Balaban J connectivity index is 2.53. The molecule has 0 aliphatic carbocycles. The van der Waals surface area contributed by atoms with Crippen LogP contribution in [-0.4, -0.2) is 59.8 Å². The van der Waals surface area contributed by atoms with Crippen LogP contribution in [0.1, 0.15) is 25.0 Å². The standard InChI is InChI=1S/C17H30N2O4S/c1-6-19(7-2)9-11-23-10-8-18-24(20,21)17-14(3)12-16(22-5)13-15(17)4/h12-13,18H,6-11H2,1-5H3. The number of hydrogen-bond donors (Lipinski definition) is 1. The van der Waals surface area contributed by atoms with Crippen LogP contribution >= 0.6 is 0 Å². The van der Waals surface area contributed by atoms with Crippen LogP contribution in [0.5, 0.6) is 5.75 Å². The second-order valence-electron chi connectivity index (χ2n) is 5.63. The van der Waals surface area contributed by atoms with Crippen molar-refractivity contribution in [3.05, 3.63) is 23.3 Å². The van der Waals surface area contributed by atoms with Crippen molar-refractivity contribution in [2.75, 3.05) is 46.5 Å². The van der Waals surface area contributed by atoms with Crippen LogP contribution < -0.4 is 9.46 Å². The summed E-state index contributed by atoms with van der Waals surface area (Å²) in [7, 11) is -1.99. The molecule has 7 heteroatoms. The number of aryl methyl sites for hydroxylation is 2. The van der Waals surface area contributed by atoms with Crippen LogP contribution in [-0.2, 0) is 14.8 Å². The van der Waals surface area contributed by atoms with Gasteiger partial charge in [0.2, 0.25) is 10.0 Å². The smallest absolute Gasteiger partial charge is 0.241 e. The van der Waals surface area contributed by atoms with Crippen LogP contribution in [0, 0.1) is 13.8 Å². The molecule has 0 aromatic heterocycles. The maximum absolute atomic E-state index is 12.5. The highest BCUT2D eigenvalue weighted by Crippen LogP contribution is 2.25. The van der Waals surface area contributed by atoms with Gasteiger partial charge in [-0.05, 0) is 50.2 Å². The lowest BCUT2D eigenvalue weighted by Crippen LogP contribution is -2.30. The number of rotatable bonds is 11. The molecule has 1 aromatic carbocycles. The third kappa shape index (κ3) is 6.05. The third-order valence-corrected chi connectivity index (χ3v) is 5.69. The van der Waals surface area contributed by atoms with Crippen molar-refractivity contribution < 1.29 is 17.9 Å². The van der Waals surface area contributed by atoms with E-state index in [0.717, 1.165) is 19.6 Å². The van der Waals surface area contributed by atoms with Crippen molar-refractivity contribution in [2.45, 2.75) is 32.6 Å². The Bertz CT molecular complexity index is 590. The molecule has 138 valence electrons. The van der Waals surface area contributed by atoms with E-state index < -0.39 is 10.0 Å². The molecule has 0 fully saturated rings. The molecular formula is C17H30N2O4S. The second kappa shape index (κ2) is 9.98. The Morgan fingerprint density at radius 1 is 1.08 bits per heavy atom. The molecule has 0 spiro atoms. The van der Waals surface area contributed by atoms with Crippen LogP contribution in [0.2, 0.25) is 0 Å². The van der Waals surface area contributed by atoms with Crippen molar-refractivity contribution in [3.63, 3.8) is 0 Å². The summed E-state index contributed by atoms with van der Waals surface area (Å²) in [5.74, 6) is 0.656. The van der Waals surface area contributed by atoms with Gasteiger partial charge in [-0.3, -0.25) is 0 Å². The number of hydrogen-bond acceptors (Lipinski definition) is 5. The van der Waals surface area contributed by atoms with Crippen molar-refractivity contribution in [2.24, 2.45) is 0 Å². The zero-order valence-electron chi connectivity index (χ0n) is 15.4. The number of nitrogens with one attached hydrogen (secondary N) is 1. The molecule has 1 rings (SSSR count). The lowest BCUT2D eigenvalue weighted by molar-refractivity contribution is 0.111. The fraction of sp³-hybridized carbons (Fsp3) is 0.647. The molecule has 6 nitrogen and oxygen atoms in total. The van der Waals surface area contributed by atoms with Gasteiger partial charge in [0.25, 0.3) is 0 Å². The molecule has 0 heterocycles. The Hall–Kier alpha value is -1.15. The summed E-state index contributed by atoms with van der Waals surface area (Å²) in [6.45, 7) is 11.8. The van der Waals surface area contributed by atoms with Crippen LogP contribution in [0.4, 0.5) is 0 Å². The maximum atomic E-state index is 12.5. The zero-order valence-corrected chi connectivity index (χ0v) is 16.2. The summed E-state index contributed by atoms with van der Waals surface area (Å²) in [6.07, 6.45) is 0. The van der Waals surface area contributed by atoms with Gasteiger partial charge in [-0.1, -0.05) is 13.8 Å². The number of benzene rings is 1. The molecule has 0 amide bonds. The van der Waals surface area contributed by atoms with Crippen molar-refractivity contribution in [1.82, 2.24) is 9.62 Å². The van der Waals surface area contributed by atoms with E-state index in [1.54, 1.807) is 33.1 Å². The van der Waals surface area contributed by atoms with Crippen molar-refractivity contribution >= 4 is 10.0 Å². The number of likely N-dealkylation sites (N-methyl/N-ethyl adjacent to an activating group) is 1. The SMILES string of the molecule is CCN(CC)CCOCCNS(=O)(=O)c1c(C)cc(OC)cc1C. The minimum atomic E-state index is -3.56. The molecule has 0 saturated carbocycles. The predicted molar refractivity (Wildman–Crippen MR) is 96.3 cm³/mol. The molecule has 0 aliphatic heterocycles. The first-order valence-electron chi connectivity index (χ1n) is 8.30. The zero-order chi connectivity index (χ0) is 18.2. The number of ether oxygens (including phenoxy) is 2. The fourth-order valence-corrected chi connectivity index (χ4v) is 4.07. The van der Waals surface area contributed by atoms with Crippen LogP contribution in [0.25, 0.3) is 0 Å². The summed E-state index contributed by atoms with van der Waals surface area (Å²) < 4.78 is 38.3. The molecule has 1 N–H and O–H groups in total. The quantitative estimate of drug-likeness (QED) is 0.613. The van der Waals surface area contributed by atoms with Gasteiger partial charge in [0.15, 0.2) is 0 Å². The summed E-state index contributed by atoms with van der Waals surface area (Å²) >= 11 is 0. The van der Waals surface area contributed by atoms with Gasteiger partial charge in [0.05, 0.1) is 25.2 Å². The van der Waals surface area contributed by atoms with E-state index in [2.05, 4.69) is 23.5 Å². The Morgan fingerprint density at radius 3 is 2.17 bits per heavy atom. The highest BCUT2D eigenvalue weighted by Gasteiger charge is 2.20. The summed E-state index contributed by atoms with van der Waals surface area (Å²) in [4.78, 5) is 2.57. The highest BCUT2D eigenvalue weighted by molar-refractivity contribution is 7.89. The summed E-state index contributed by atoms with van der Waals surface area (Å²) in [5, 5.41) is 0. The summed E-state index contributed by atoms with van der Waals surface area (Å²) in [5.41, 5.74) is 1.34. The summed E-state index contributed by atoms with van der Waals surface area (Å²) in [6, 6.07) is 3.45. The number of nitrogens with zero attached hydrogens (tertiary/aromatic N) is 1. The van der Waals surface area contributed by atoms with Gasteiger partial charge in [-0.25, -0.2) is 13.1 Å². The lowest BCUT2D eigenvalue weighted by Gasteiger charge is -2.17. The van der Waals surface area contributed by atoms with Gasteiger partial charge in [-0.15, -0.1) is 0 Å². The highest BCUT2D eigenvalue weighted by atomic mass is 32.2.